The van der Waals surface area contributed by atoms with Crippen LogP contribution in [0.1, 0.15) is 29.8 Å². The number of anilines is 1. The molecule has 1 fully saturated rings. The van der Waals surface area contributed by atoms with Crippen molar-refractivity contribution < 1.29 is 22.8 Å². The lowest BCUT2D eigenvalue weighted by atomic mass is 9.81. The number of carbonyl (C=O) groups is 2. The minimum Gasteiger partial charge on any atom is -0.329 e. The van der Waals surface area contributed by atoms with Gasteiger partial charge in [0.2, 0.25) is 0 Å². The van der Waals surface area contributed by atoms with Crippen LogP contribution in [0.15, 0.2) is 48.7 Å². The van der Waals surface area contributed by atoms with Gasteiger partial charge in [-0.1, -0.05) is 37.3 Å². The van der Waals surface area contributed by atoms with Gasteiger partial charge in [0.05, 0.1) is 30.2 Å². The monoisotopic (exact) mass is 468 g/mol. The number of ketones is 1. The van der Waals surface area contributed by atoms with Gasteiger partial charge in [-0.3, -0.25) is 14.4 Å². The van der Waals surface area contributed by atoms with E-state index in [4.69, 9.17) is 0 Å². The lowest BCUT2D eigenvalue weighted by Gasteiger charge is -2.30. The van der Waals surface area contributed by atoms with Crippen LogP contribution >= 0.6 is 0 Å². The van der Waals surface area contributed by atoms with Crippen molar-refractivity contribution in [1.29, 1.82) is 0 Å². The summed E-state index contributed by atoms with van der Waals surface area (Å²) in [5, 5.41) is 7.42. The Labute approximate surface area is 194 Å². The number of Topliss-reactive ketones (excluding diaryl/α,β-unsaturated/α-hetero) is 1. The summed E-state index contributed by atoms with van der Waals surface area (Å²) in [6, 6.07) is 11.0. The van der Waals surface area contributed by atoms with E-state index in [-0.39, 0.29) is 35.8 Å². The maximum absolute atomic E-state index is 13.6. The molecule has 2 aliphatic rings. The lowest BCUT2D eigenvalue weighted by molar-refractivity contribution is -0.124. The Morgan fingerprint density at radius 3 is 2.53 bits per heavy atom. The van der Waals surface area contributed by atoms with Gasteiger partial charge in [0.15, 0.2) is 17.5 Å². The first-order valence-electron chi connectivity index (χ1n) is 11.2. The van der Waals surface area contributed by atoms with Crippen LogP contribution in [0.2, 0.25) is 0 Å². The summed E-state index contributed by atoms with van der Waals surface area (Å²) in [7, 11) is 0. The highest BCUT2D eigenvalue weighted by Crippen LogP contribution is 2.35. The standard InChI is InChI=1S/C25H23F3N4O2/c1-14-12-32-21(10-17(14)23(33)9-15-7-18(26)24(28)19(27)8-15)22(11-29-32)31-13-20(30-25(31)34)16-5-3-2-4-6-16/h2-8,11,14,17,20H,9-10,12-13H2,1H3,(H,30,34)/t14-,17?,20?/m0/s1. The molecule has 2 amide bonds. The summed E-state index contributed by atoms with van der Waals surface area (Å²) in [5.41, 5.74) is 2.52. The molecule has 2 aromatic carbocycles. The molecule has 1 aromatic heterocycles. The molecule has 3 aromatic rings. The van der Waals surface area contributed by atoms with Crippen molar-refractivity contribution in [3.63, 3.8) is 0 Å². The first-order chi connectivity index (χ1) is 16.3. The van der Waals surface area contributed by atoms with Crippen LogP contribution in [0.4, 0.5) is 23.7 Å². The number of fused-ring (bicyclic) bond motifs is 1. The molecular weight excluding hydrogens is 445 g/mol. The zero-order valence-electron chi connectivity index (χ0n) is 18.5. The number of amides is 2. The van der Waals surface area contributed by atoms with Gasteiger partial charge in [0.25, 0.3) is 0 Å². The molecule has 2 aliphatic heterocycles. The van der Waals surface area contributed by atoms with Gasteiger partial charge in [-0.25, -0.2) is 18.0 Å². The number of rotatable bonds is 5. The zero-order chi connectivity index (χ0) is 24.0. The molecule has 0 aliphatic carbocycles. The smallest absolute Gasteiger partial charge is 0.322 e. The van der Waals surface area contributed by atoms with Crippen LogP contribution < -0.4 is 10.2 Å². The van der Waals surface area contributed by atoms with Gasteiger partial charge >= 0.3 is 6.03 Å². The number of aromatic nitrogens is 2. The van der Waals surface area contributed by atoms with Crippen molar-refractivity contribution in [3.05, 3.63) is 82.9 Å². The third-order valence-electron chi connectivity index (χ3n) is 6.72. The number of hydrogen-bond donors (Lipinski definition) is 1. The predicted molar refractivity (Wildman–Crippen MR) is 119 cm³/mol. The third kappa shape index (κ3) is 3.95. The highest BCUT2D eigenvalue weighted by atomic mass is 19.2. The number of hydrogen-bond acceptors (Lipinski definition) is 3. The van der Waals surface area contributed by atoms with E-state index in [2.05, 4.69) is 10.4 Å². The number of nitrogens with zero attached hydrogens (tertiary/aromatic N) is 3. The van der Waals surface area contributed by atoms with Crippen molar-refractivity contribution in [1.82, 2.24) is 15.1 Å². The van der Waals surface area contributed by atoms with E-state index in [0.29, 0.717) is 25.2 Å². The molecule has 34 heavy (non-hydrogen) atoms. The Morgan fingerprint density at radius 1 is 1.12 bits per heavy atom. The highest BCUT2D eigenvalue weighted by molar-refractivity contribution is 5.95. The van der Waals surface area contributed by atoms with E-state index in [1.54, 1.807) is 11.1 Å². The van der Waals surface area contributed by atoms with Crippen molar-refractivity contribution in [3.8, 4) is 0 Å². The molecule has 3 heterocycles. The van der Waals surface area contributed by atoms with Gasteiger partial charge < -0.3 is 5.32 Å². The fourth-order valence-electron chi connectivity index (χ4n) is 4.90. The van der Waals surface area contributed by atoms with E-state index in [1.807, 2.05) is 41.9 Å². The maximum Gasteiger partial charge on any atom is 0.322 e. The van der Waals surface area contributed by atoms with Crippen LogP contribution in [0.3, 0.4) is 0 Å². The van der Waals surface area contributed by atoms with Crippen molar-refractivity contribution in [2.24, 2.45) is 11.8 Å². The second-order valence-corrected chi connectivity index (χ2v) is 8.99. The number of halogens is 3. The van der Waals surface area contributed by atoms with Crippen LogP contribution in [0.25, 0.3) is 0 Å². The molecule has 5 rings (SSSR count). The molecule has 176 valence electrons. The fraction of sp³-hybridized carbons (Fsp3) is 0.320. The largest absolute Gasteiger partial charge is 0.329 e. The Hall–Kier alpha value is -3.62. The van der Waals surface area contributed by atoms with E-state index in [1.165, 1.54) is 0 Å². The molecule has 0 radical (unpaired) electrons. The first-order valence-corrected chi connectivity index (χ1v) is 11.2. The molecule has 1 N–H and O–H groups in total. The van der Waals surface area contributed by atoms with Crippen LogP contribution in [-0.4, -0.2) is 28.1 Å². The van der Waals surface area contributed by atoms with Gasteiger partial charge in [0, 0.05) is 25.3 Å². The van der Waals surface area contributed by atoms with Crippen molar-refractivity contribution in [2.45, 2.75) is 32.4 Å². The van der Waals surface area contributed by atoms with E-state index in [0.717, 1.165) is 23.4 Å². The molecule has 0 bridgehead atoms. The van der Waals surface area contributed by atoms with Crippen LogP contribution in [0.5, 0.6) is 0 Å². The minimum atomic E-state index is -1.55. The van der Waals surface area contributed by atoms with Crippen LogP contribution in [0, 0.1) is 29.3 Å². The Morgan fingerprint density at radius 2 is 1.82 bits per heavy atom. The molecular formula is C25H23F3N4O2. The molecule has 2 unspecified atom stereocenters. The van der Waals surface area contributed by atoms with Gasteiger partial charge in [-0.05, 0) is 29.2 Å². The Kier molecular flexibility index (Phi) is 5.63. The normalized spacial score (nSPS) is 21.9. The summed E-state index contributed by atoms with van der Waals surface area (Å²) in [4.78, 5) is 27.5. The second-order valence-electron chi connectivity index (χ2n) is 8.99. The second kappa shape index (κ2) is 8.62. The van der Waals surface area contributed by atoms with E-state index < -0.39 is 23.4 Å². The predicted octanol–water partition coefficient (Wildman–Crippen LogP) is 4.19. The first kappa shape index (κ1) is 22.2. The molecule has 0 spiro atoms. The molecule has 1 saturated heterocycles. The molecule has 9 heteroatoms. The van der Waals surface area contributed by atoms with Crippen LogP contribution in [-0.2, 0) is 24.2 Å². The average Bonchev–Trinajstić information content (AvgIpc) is 3.40. The lowest BCUT2D eigenvalue weighted by Crippen LogP contribution is -2.36. The van der Waals surface area contributed by atoms with E-state index in [9.17, 15) is 22.8 Å². The Balaban J connectivity index is 1.36. The summed E-state index contributed by atoms with van der Waals surface area (Å²) < 4.78 is 42.3. The number of benzene rings is 2. The van der Waals surface area contributed by atoms with Gasteiger partial charge in [0.1, 0.15) is 5.78 Å². The number of urea groups is 1. The average molecular weight is 468 g/mol. The highest BCUT2D eigenvalue weighted by Gasteiger charge is 2.38. The zero-order valence-corrected chi connectivity index (χ0v) is 18.5. The Bertz CT molecular complexity index is 1240. The quantitative estimate of drug-likeness (QED) is 0.571. The molecule has 3 atom stereocenters. The summed E-state index contributed by atoms with van der Waals surface area (Å²) in [5.74, 6) is -4.85. The fourth-order valence-corrected chi connectivity index (χ4v) is 4.90. The summed E-state index contributed by atoms with van der Waals surface area (Å²) >= 11 is 0. The maximum atomic E-state index is 13.6. The topological polar surface area (TPSA) is 67.2 Å². The number of carbonyl (C=O) groups excluding carboxylic acids is 2. The SMILES string of the molecule is C[C@H]1Cn2ncc(N3CC(c4ccccc4)NC3=O)c2CC1C(=O)Cc1cc(F)c(F)c(F)c1. The van der Waals surface area contributed by atoms with E-state index >= 15 is 0 Å². The minimum absolute atomic E-state index is 0.0626. The molecule has 0 saturated carbocycles. The van der Waals surface area contributed by atoms with Crippen molar-refractivity contribution >= 4 is 17.5 Å². The summed E-state index contributed by atoms with van der Waals surface area (Å²) in [6.07, 6.45) is 1.79. The number of nitrogens with one attached hydrogen (secondary N) is 1. The van der Waals surface area contributed by atoms with Gasteiger partial charge in [-0.2, -0.15) is 5.10 Å². The summed E-state index contributed by atoms with van der Waals surface area (Å²) in [6.45, 7) is 2.84. The van der Waals surface area contributed by atoms with Gasteiger partial charge in [-0.15, -0.1) is 0 Å². The van der Waals surface area contributed by atoms with Crippen molar-refractivity contribution in [2.75, 3.05) is 11.4 Å². The molecule has 6 nitrogen and oxygen atoms in total. The third-order valence-corrected chi connectivity index (χ3v) is 6.72.